The van der Waals surface area contributed by atoms with Gasteiger partial charge in [-0.1, -0.05) is 0 Å². The molecule has 1 unspecified atom stereocenters. The molecule has 0 bridgehead atoms. The maximum absolute atomic E-state index is 5.57. The second kappa shape index (κ2) is 6.40. The summed E-state index contributed by atoms with van der Waals surface area (Å²) in [6, 6.07) is 0. The number of ether oxygens (including phenoxy) is 1. The molecule has 0 aliphatic carbocycles. The molecule has 0 amide bonds. The Kier molecular flexibility index (Phi) is 5.49. The first kappa shape index (κ1) is 12.9. The summed E-state index contributed by atoms with van der Waals surface area (Å²) in [5.41, 5.74) is 8.59. The van der Waals surface area contributed by atoms with E-state index < -0.39 is 0 Å². The summed E-state index contributed by atoms with van der Waals surface area (Å²) in [6.07, 6.45) is 0.197. The highest BCUT2D eigenvalue weighted by Gasteiger charge is 2.19. The summed E-state index contributed by atoms with van der Waals surface area (Å²) >= 11 is 1.64. The molecule has 1 aromatic rings. The van der Waals surface area contributed by atoms with Gasteiger partial charge in [0.05, 0.1) is 23.9 Å². The van der Waals surface area contributed by atoms with Crippen molar-refractivity contribution in [2.75, 3.05) is 26.2 Å². The highest BCUT2D eigenvalue weighted by atomic mass is 35.5. The molecule has 1 aliphatic heterocycles. The van der Waals surface area contributed by atoms with E-state index in [-0.39, 0.29) is 18.5 Å². The molecule has 0 spiro atoms. The topological polar surface area (TPSA) is 51.4 Å². The Bertz CT molecular complexity index is 270. The Balaban J connectivity index is 0.00000112. The van der Waals surface area contributed by atoms with E-state index in [9.17, 15) is 0 Å². The lowest BCUT2D eigenvalue weighted by Crippen LogP contribution is -2.45. The van der Waals surface area contributed by atoms with Crippen LogP contribution in [0.5, 0.6) is 0 Å². The van der Waals surface area contributed by atoms with E-state index in [0.717, 1.165) is 31.9 Å². The fourth-order valence-electron chi connectivity index (χ4n) is 1.61. The molecule has 15 heavy (non-hydrogen) atoms. The molecule has 1 aliphatic rings. The molecule has 0 saturated carbocycles. The SMILES string of the molecule is Cl.NCC1CN(Cc2cscn2)CCO1. The van der Waals surface area contributed by atoms with Crippen LogP contribution in [0.2, 0.25) is 0 Å². The Labute approximate surface area is 99.8 Å². The number of nitrogens with zero attached hydrogens (tertiary/aromatic N) is 2. The van der Waals surface area contributed by atoms with Crippen molar-refractivity contribution in [2.24, 2.45) is 5.73 Å². The van der Waals surface area contributed by atoms with Crippen LogP contribution >= 0.6 is 23.7 Å². The second-order valence-corrected chi connectivity index (χ2v) is 4.16. The first-order chi connectivity index (χ1) is 6.88. The fraction of sp³-hybridized carbons (Fsp3) is 0.667. The van der Waals surface area contributed by atoms with Crippen molar-refractivity contribution >= 4 is 23.7 Å². The molecule has 2 rings (SSSR count). The van der Waals surface area contributed by atoms with Crippen molar-refractivity contribution in [3.05, 3.63) is 16.6 Å². The molecule has 1 saturated heterocycles. The number of rotatable bonds is 3. The summed E-state index contributed by atoms with van der Waals surface area (Å²) in [7, 11) is 0. The Morgan fingerprint density at radius 3 is 3.20 bits per heavy atom. The van der Waals surface area contributed by atoms with Gasteiger partial charge in [0.25, 0.3) is 0 Å². The molecule has 1 aromatic heterocycles. The number of aromatic nitrogens is 1. The molecule has 6 heteroatoms. The number of hydrogen-bond acceptors (Lipinski definition) is 5. The molecular formula is C9H16ClN3OS. The van der Waals surface area contributed by atoms with Crippen LogP contribution in [0.1, 0.15) is 5.69 Å². The number of halogens is 1. The predicted octanol–water partition coefficient (Wildman–Crippen LogP) is 0.724. The first-order valence-corrected chi connectivity index (χ1v) is 5.74. The zero-order valence-corrected chi connectivity index (χ0v) is 10.1. The van der Waals surface area contributed by atoms with Crippen LogP contribution in [0.25, 0.3) is 0 Å². The van der Waals surface area contributed by atoms with E-state index in [1.165, 1.54) is 0 Å². The Hall–Kier alpha value is -0.200. The van der Waals surface area contributed by atoms with Crippen molar-refractivity contribution in [1.29, 1.82) is 0 Å². The summed E-state index contributed by atoms with van der Waals surface area (Å²) in [4.78, 5) is 6.61. The van der Waals surface area contributed by atoms with Crippen molar-refractivity contribution in [3.8, 4) is 0 Å². The van der Waals surface area contributed by atoms with Gasteiger partial charge >= 0.3 is 0 Å². The third-order valence-corrected chi connectivity index (χ3v) is 2.99. The average molecular weight is 250 g/mol. The van der Waals surface area contributed by atoms with Crippen molar-refractivity contribution in [2.45, 2.75) is 12.6 Å². The minimum atomic E-state index is 0. The third-order valence-electron chi connectivity index (χ3n) is 2.35. The first-order valence-electron chi connectivity index (χ1n) is 4.79. The van der Waals surface area contributed by atoms with Crippen molar-refractivity contribution < 1.29 is 4.74 Å². The van der Waals surface area contributed by atoms with Gasteiger partial charge in [-0.2, -0.15) is 0 Å². The van der Waals surface area contributed by atoms with Crippen molar-refractivity contribution in [1.82, 2.24) is 9.88 Å². The van der Waals surface area contributed by atoms with Gasteiger partial charge in [0.1, 0.15) is 0 Å². The van der Waals surface area contributed by atoms with E-state index in [1.807, 2.05) is 5.51 Å². The van der Waals surface area contributed by atoms with E-state index in [4.69, 9.17) is 10.5 Å². The van der Waals surface area contributed by atoms with Crippen LogP contribution in [0.4, 0.5) is 0 Å². The van der Waals surface area contributed by atoms with E-state index in [1.54, 1.807) is 11.3 Å². The second-order valence-electron chi connectivity index (χ2n) is 3.44. The summed E-state index contributed by atoms with van der Waals surface area (Å²) in [5.74, 6) is 0. The lowest BCUT2D eigenvalue weighted by molar-refractivity contribution is -0.0263. The zero-order valence-electron chi connectivity index (χ0n) is 8.46. The molecule has 2 N–H and O–H groups in total. The highest BCUT2D eigenvalue weighted by molar-refractivity contribution is 7.07. The van der Waals surface area contributed by atoms with Gasteiger partial charge in [0.2, 0.25) is 0 Å². The zero-order chi connectivity index (χ0) is 9.80. The van der Waals surface area contributed by atoms with Crippen LogP contribution in [0.15, 0.2) is 10.9 Å². The summed E-state index contributed by atoms with van der Waals surface area (Å²) in [6.45, 7) is 4.21. The van der Waals surface area contributed by atoms with Crippen LogP contribution in [-0.2, 0) is 11.3 Å². The molecular weight excluding hydrogens is 234 g/mol. The van der Waals surface area contributed by atoms with E-state index >= 15 is 0 Å². The molecule has 4 nitrogen and oxygen atoms in total. The van der Waals surface area contributed by atoms with Gasteiger partial charge in [-0.05, 0) is 0 Å². The maximum atomic E-state index is 5.57. The summed E-state index contributed by atoms with van der Waals surface area (Å²) in [5, 5.41) is 2.09. The minimum Gasteiger partial charge on any atom is -0.374 e. The number of hydrogen-bond donors (Lipinski definition) is 1. The van der Waals surface area contributed by atoms with Gasteiger partial charge in [0.15, 0.2) is 0 Å². The van der Waals surface area contributed by atoms with Crippen LogP contribution < -0.4 is 5.73 Å². The van der Waals surface area contributed by atoms with Crippen LogP contribution in [-0.4, -0.2) is 42.2 Å². The molecule has 2 heterocycles. The molecule has 0 aromatic carbocycles. The lowest BCUT2D eigenvalue weighted by Gasteiger charge is -2.31. The molecule has 1 atom stereocenters. The largest absolute Gasteiger partial charge is 0.374 e. The smallest absolute Gasteiger partial charge is 0.0824 e. The molecule has 0 radical (unpaired) electrons. The quantitative estimate of drug-likeness (QED) is 0.858. The van der Waals surface area contributed by atoms with E-state index in [2.05, 4.69) is 15.3 Å². The maximum Gasteiger partial charge on any atom is 0.0824 e. The van der Waals surface area contributed by atoms with Gasteiger partial charge < -0.3 is 10.5 Å². The third kappa shape index (κ3) is 3.70. The Morgan fingerprint density at radius 1 is 1.67 bits per heavy atom. The minimum absolute atomic E-state index is 0. The number of thiazole rings is 1. The number of morpholine rings is 1. The van der Waals surface area contributed by atoms with Gasteiger partial charge in [-0.25, -0.2) is 4.98 Å². The highest BCUT2D eigenvalue weighted by Crippen LogP contribution is 2.09. The summed E-state index contributed by atoms with van der Waals surface area (Å²) < 4.78 is 5.49. The lowest BCUT2D eigenvalue weighted by atomic mass is 10.2. The van der Waals surface area contributed by atoms with E-state index in [0.29, 0.717) is 6.54 Å². The van der Waals surface area contributed by atoms with Crippen LogP contribution in [0.3, 0.4) is 0 Å². The van der Waals surface area contributed by atoms with Gasteiger partial charge in [0, 0.05) is 31.6 Å². The van der Waals surface area contributed by atoms with Gasteiger partial charge in [-0.3, -0.25) is 4.90 Å². The Morgan fingerprint density at radius 2 is 2.53 bits per heavy atom. The standard InChI is InChI=1S/C9H15N3OS.ClH/c10-3-9-5-12(1-2-13-9)4-8-6-14-7-11-8;/h6-7,9H,1-5,10H2;1H. The molecule has 1 fully saturated rings. The predicted molar refractivity (Wildman–Crippen MR) is 63.4 cm³/mol. The number of nitrogens with two attached hydrogens (primary N) is 1. The normalized spacial score (nSPS) is 22.3. The monoisotopic (exact) mass is 249 g/mol. The van der Waals surface area contributed by atoms with Gasteiger partial charge in [-0.15, -0.1) is 23.7 Å². The van der Waals surface area contributed by atoms with Crippen molar-refractivity contribution in [3.63, 3.8) is 0 Å². The molecule has 86 valence electrons. The fourth-order valence-corrected chi connectivity index (χ4v) is 2.16. The van der Waals surface area contributed by atoms with Crippen LogP contribution in [0, 0.1) is 0 Å². The average Bonchev–Trinajstić information content (AvgIpc) is 2.71.